The molecule has 2 rings (SSSR count). The summed E-state index contributed by atoms with van der Waals surface area (Å²) in [5.41, 5.74) is 0.639. The maximum atomic E-state index is 13.2. The summed E-state index contributed by atoms with van der Waals surface area (Å²) in [6.45, 7) is 3.67. The lowest BCUT2D eigenvalue weighted by atomic mass is 9.96. The molecule has 4 nitrogen and oxygen atoms in total. The van der Waals surface area contributed by atoms with Crippen LogP contribution in [0.2, 0.25) is 0 Å². The van der Waals surface area contributed by atoms with Crippen molar-refractivity contribution in [3.63, 3.8) is 0 Å². The predicted octanol–water partition coefficient (Wildman–Crippen LogP) is 2.20. The van der Waals surface area contributed by atoms with Crippen molar-refractivity contribution in [1.82, 2.24) is 10.0 Å². The maximum absolute atomic E-state index is 13.2. The fourth-order valence-electron chi connectivity index (χ4n) is 2.66. The number of rotatable bonds is 6. The van der Waals surface area contributed by atoms with Crippen molar-refractivity contribution in [3.05, 3.63) is 35.6 Å². The summed E-state index contributed by atoms with van der Waals surface area (Å²) in [6.07, 6.45) is 2.76. The van der Waals surface area contributed by atoms with E-state index in [1.807, 2.05) is 0 Å². The van der Waals surface area contributed by atoms with E-state index in [0.717, 1.165) is 25.9 Å². The van der Waals surface area contributed by atoms with Crippen molar-refractivity contribution in [2.75, 3.05) is 18.8 Å². The summed E-state index contributed by atoms with van der Waals surface area (Å²) in [7, 11) is -3.33. The van der Waals surface area contributed by atoms with Gasteiger partial charge in [0.2, 0.25) is 10.0 Å². The first-order chi connectivity index (χ1) is 9.96. The van der Waals surface area contributed by atoms with Crippen LogP contribution in [0, 0.1) is 11.7 Å². The number of benzene rings is 1. The Bertz CT molecular complexity index is 557. The normalized spacial score (nSPS) is 18.6. The molecule has 1 atom stereocenters. The van der Waals surface area contributed by atoms with Gasteiger partial charge in [0.15, 0.2) is 0 Å². The SMILES string of the molecule is CC(NS(=O)(=O)CCC1CCNCC1)c1cccc(F)c1. The first-order valence-electron chi connectivity index (χ1n) is 7.42. The zero-order chi connectivity index (χ0) is 15.3. The van der Waals surface area contributed by atoms with E-state index >= 15 is 0 Å². The summed E-state index contributed by atoms with van der Waals surface area (Å²) in [5.74, 6) is 0.262. The highest BCUT2D eigenvalue weighted by Gasteiger charge is 2.20. The molecule has 0 amide bonds. The van der Waals surface area contributed by atoms with E-state index < -0.39 is 16.1 Å². The van der Waals surface area contributed by atoms with E-state index in [2.05, 4.69) is 10.0 Å². The van der Waals surface area contributed by atoms with Crippen molar-refractivity contribution >= 4 is 10.0 Å². The fraction of sp³-hybridized carbons (Fsp3) is 0.600. The Hall–Kier alpha value is -0.980. The smallest absolute Gasteiger partial charge is 0.212 e. The fourth-order valence-corrected chi connectivity index (χ4v) is 4.10. The highest BCUT2D eigenvalue weighted by molar-refractivity contribution is 7.89. The molecular weight excluding hydrogens is 291 g/mol. The molecule has 1 heterocycles. The topological polar surface area (TPSA) is 58.2 Å². The van der Waals surface area contributed by atoms with E-state index in [9.17, 15) is 12.8 Å². The Morgan fingerprint density at radius 3 is 2.76 bits per heavy atom. The maximum Gasteiger partial charge on any atom is 0.212 e. The summed E-state index contributed by atoms with van der Waals surface area (Å²) >= 11 is 0. The van der Waals surface area contributed by atoms with Gasteiger partial charge in [-0.25, -0.2) is 17.5 Å². The van der Waals surface area contributed by atoms with Gasteiger partial charge in [-0.05, 0) is 62.9 Å². The van der Waals surface area contributed by atoms with Gasteiger partial charge in [-0.2, -0.15) is 0 Å². The zero-order valence-corrected chi connectivity index (χ0v) is 13.1. The third-order valence-corrected chi connectivity index (χ3v) is 5.44. The van der Waals surface area contributed by atoms with Crippen molar-refractivity contribution in [2.24, 2.45) is 5.92 Å². The Morgan fingerprint density at radius 2 is 2.10 bits per heavy atom. The minimum absolute atomic E-state index is 0.136. The monoisotopic (exact) mass is 314 g/mol. The molecule has 1 aliphatic heterocycles. The molecule has 0 bridgehead atoms. The number of nitrogens with one attached hydrogen (secondary N) is 2. The Labute approximate surface area is 126 Å². The standard InChI is InChI=1S/C15H23FN2O2S/c1-12(14-3-2-4-15(16)11-14)18-21(19,20)10-7-13-5-8-17-9-6-13/h2-4,11-13,17-18H,5-10H2,1H3. The van der Waals surface area contributed by atoms with Gasteiger partial charge in [-0.1, -0.05) is 12.1 Å². The van der Waals surface area contributed by atoms with E-state index in [1.54, 1.807) is 19.1 Å². The van der Waals surface area contributed by atoms with Crippen LogP contribution in [0.5, 0.6) is 0 Å². The van der Waals surface area contributed by atoms with Gasteiger partial charge >= 0.3 is 0 Å². The lowest BCUT2D eigenvalue weighted by Crippen LogP contribution is -2.32. The minimum Gasteiger partial charge on any atom is -0.317 e. The number of halogens is 1. The predicted molar refractivity (Wildman–Crippen MR) is 81.9 cm³/mol. The molecule has 118 valence electrons. The van der Waals surface area contributed by atoms with Crippen LogP contribution in [0.15, 0.2) is 24.3 Å². The van der Waals surface area contributed by atoms with Crippen molar-refractivity contribution in [3.8, 4) is 0 Å². The first-order valence-corrected chi connectivity index (χ1v) is 9.08. The van der Waals surface area contributed by atoms with Gasteiger partial charge in [-0.3, -0.25) is 0 Å². The average molecular weight is 314 g/mol. The lowest BCUT2D eigenvalue weighted by Gasteiger charge is -2.23. The largest absolute Gasteiger partial charge is 0.317 e. The molecule has 1 aliphatic rings. The van der Waals surface area contributed by atoms with E-state index in [0.29, 0.717) is 17.9 Å². The van der Waals surface area contributed by atoms with Crippen molar-refractivity contribution in [2.45, 2.75) is 32.2 Å². The van der Waals surface area contributed by atoms with E-state index in [1.165, 1.54) is 12.1 Å². The molecule has 0 aliphatic carbocycles. The molecular formula is C15H23FN2O2S. The van der Waals surface area contributed by atoms with Crippen LogP contribution in [-0.2, 0) is 10.0 Å². The van der Waals surface area contributed by atoms with Gasteiger partial charge < -0.3 is 5.32 Å². The first kappa shape index (κ1) is 16.4. The summed E-state index contributed by atoms with van der Waals surface area (Å²) in [4.78, 5) is 0. The third kappa shape index (κ3) is 5.37. The average Bonchev–Trinajstić information content (AvgIpc) is 2.46. The Balaban J connectivity index is 1.87. The molecule has 0 spiro atoms. The Morgan fingerprint density at radius 1 is 1.38 bits per heavy atom. The van der Waals surface area contributed by atoms with Crippen molar-refractivity contribution in [1.29, 1.82) is 0 Å². The summed E-state index contributed by atoms with van der Waals surface area (Å²) in [6, 6.07) is 5.61. The molecule has 1 fully saturated rings. The lowest BCUT2D eigenvalue weighted by molar-refractivity contribution is 0.365. The van der Waals surface area contributed by atoms with Crippen LogP contribution in [-0.4, -0.2) is 27.3 Å². The molecule has 1 aromatic carbocycles. The molecule has 6 heteroatoms. The van der Waals surface area contributed by atoms with Crippen LogP contribution in [0.1, 0.15) is 37.8 Å². The van der Waals surface area contributed by atoms with Gasteiger partial charge in [0.1, 0.15) is 5.82 Å². The molecule has 1 aromatic rings. The van der Waals surface area contributed by atoms with Crippen LogP contribution >= 0.6 is 0 Å². The van der Waals surface area contributed by atoms with Gasteiger partial charge in [0.05, 0.1) is 5.75 Å². The van der Waals surface area contributed by atoms with Crippen LogP contribution in [0.25, 0.3) is 0 Å². The highest BCUT2D eigenvalue weighted by atomic mass is 32.2. The number of piperidine rings is 1. The second-order valence-corrected chi connectivity index (χ2v) is 7.57. The second kappa shape index (κ2) is 7.33. The molecule has 0 aromatic heterocycles. The molecule has 2 N–H and O–H groups in total. The minimum atomic E-state index is -3.33. The molecule has 21 heavy (non-hydrogen) atoms. The highest BCUT2D eigenvalue weighted by Crippen LogP contribution is 2.18. The summed E-state index contributed by atoms with van der Waals surface area (Å²) in [5, 5.41) is 3.27. The van der Waals surface area contributed by atoms with Crippen LogP contribution in [0.3, 0.4) is 0 Å². The van der Waals surface area contributed by atoms with Crippen LogP contribution in [0.4, 0.5) is 4.39 Å². The molecule has 0 saturated carbocycles. The van der Waals surface area contributed by atoms with Crippen molar-refractivity contribution < 1.29 is 12.8 Å². The van der Waals surface area contributed by atoms with Crippen LogP contribution < -0.4 is 10.0 Å². The number of hydrogen-bond donors (Lipinski definition) is 2. The third-order valence-electron chi connectivity index (χ3n) is 3.96. The quantitative estimate of drug-likeness (QED) is 0.846. The second-order valence-electron chi connectivity index (χ2n) is 5.70. The molecule has 1 saturated heterocycles. The van der Waals surface area contributed by atoms with Gasteiger partial charge in [0.25, 0.3) is 0 Å². The molecule has 1 unspecified atom stereocenters. The van der Waals surface area contributed by atoms with Gasteiger partial charge in [-0.15, -0.1) is 0 Å². The summed E-state index contributed by atoms with van der Waals surface area (Å²) < 4.78 is 40.0. The number of sulfonamides is 1. The zero-order valence-electron chi connectivity index (χ0n) is 12.3. The van der Waals surface area contributed by atoms with E-state index in [4.69, 9.17) is 0 Å². The molecule has 0 radical (unpaired) electrons. The van der Waals surface area contributed by atoms with Gasteiger partial charge in [0, 0.05) is 6.04 Å². The number of hydrogen-bond acceptors (Lipinski definition) is 3. The van der Waals surface area contributed by atoms with E-state index in [-0.39, 0.29) is 11.6 Å². The Kier molecular flexibility index (Phi) is 5.72.